The molecule has 13 nitrogen and oxygen atoms in total. The first-order chi connectivity index (χ1) is 24.9. The zero-order chi connectivity index (χ0) is 40.9. The number of ether oxygens (including phenoxy) is 4. The maximum atomic E-state index is 13.7. The molecule has 3 atom stereocenters. The summed E-state index contributed by atoms with van der Waals surface area (Å²) in [5, 5.41) is 8.52. The van der Waals surface area contributed by atoms with Crippen LogP contribution in [-0.2, 0) is 44.7 Å². The number of hydrogen-bond acceptors (Lipinski definition) is 13. The normalized spacial score (nSPS) is 17.5. The quantitative estimate of drug-likeness (QED) is 0.0467. The molecule has 1 aromatic rings. The Balaban J connectivity index is 2.08. The lowest BCUT2D eigenvalue weighted by molar-refractivity contribution is -0.158. The molecular formula is C35H53Cl3N4O9S2Si. The fraction of sp³-hybridized carbons (Fsp3) is 0.686. The van der Waals surface area contributed by atoms with Crippen LogP contribution in [0.4, 0.5) is 4.79 Å². The van der Waals surface area contributed by atoms with Crippen LogP contribution in [0.2, 0.25) is 25.7 Å². The van der Waals surface area contributed by atoms with Gasteiger partial charge in [0.1, 0.15) is 45.6 Å². The van der Waals surface area contributed by atoms with Crippen molar-refractivity contribution in [1.29, 1.82) is 0 Å². The summed E-state index contributed by atoms with van der Waals surface area (Å²) in [7, 11) is -1.45. The van der Waals surface area contributed by atoms with Crippen LogP contribution in [0.15, 0.2) is 22.5 Å². The molecule has 0 bridgehead atoms. The van der Waals surface area contributed by atoms with Gasteiger partial charge in [0, 0.05) is 32.0 Å². The highest BCUT2D eigenvalue weighted by molar-refractivity contribution is 8.14. The van der Waals surface area contributed by atoms with E-state index in [-0.39, 0.29) is 44.9 Å². The molecule has 0 saturated carbocycles. The van der Waals surface area contributed by atoms with Crippen LogP contribution in [0.3, 0.4) is 0 Å². The third-order valence-electron chi connectivity index (χ3n) is 7.36. The second kappa shape index (κ2) is 21.2. The molecule has 1 aliphatic heterocycles. The number of rotatable bonds is 19. The van der Waals surface area contributed by atoms with Crippen molar-refractivity contribution >= 4 is 101 Å². The van der Waals surface area contributed by atoms with E-state index in [0.717, 1.165) is 6.04 Å². The van der Waals surface area contributed by atoms with Crippen molar-refractivity contribution in [2.45, 2.75) is 127 Å². The minimum absolute atomic E-state index is 0.0259. The molecule has 54 heavy (non-hydrogen) atoms. The first-order valence-corrected chi connectivity index (χ1v) is 24.2. The van der Waals surface area contributed by atoms with Crippen molar-refractivity contribution in [2.75, 3.05) is 19.0 Å². The van der Waals surface area contributed by atoms with E-state index in [9.17, 15) is 24.0 Å². The minimum Gasteiger partial charge on any atom is -0.466 e. The maximum absolute atomic E-state index is 13.7. The maximum Gasteiger partial charge on any atom is 0.408 e. The summed E-state index contributed by atoms with van der Waals surface area (Å²) >= 11 is 19.6. The van der Waals surface area contributed by atoms with Gasteiger partial charge in [-0.25, -0.2) is 14.6 Å². The average Bonchev–Trinajstić information content (AvgIpc) is 3.66. The Hall–Kier alpha value is -2.37. The van der Waals surface area contributed by atoms with E-state index in [1.165, 1.54) is 23.1 Å². The van der Waals surface area contributed by atoms with Gasteiger partial charge in [-0.15, -0.1) is 23.1 Å². The van der Waals surface area contributed by atoms with Gasteiger partial charge >= 0.3 is 24.0 Å². The molecule has 304 valence electrons. The number of carbonyl (C=O) groups excluding carboxylic acids is 5. The van der Waals surface area contributed by atoms with Crippen molar-refractivity contribution < 1.29 is 42.9 Å². The standard InChI is InChI=1S/C35H53Cl3N4O9S2Si/c1-22(2)28(41-31(46)34(6)21-53-29(42-34)24-19-52-25(40-24)18-39-32(47)51-33(3,4)5)30(45)50-23(17-27(44)48-15-16-54(7,8)9)13-11-10-12-14-26(43)49-20-35(36,37)38/h10-11,19,22-23,28H,12-18,20-21H2,1-9H3,(H,39,47)(H,41,46)/b11-10-/t23-,28+,34+/m1/s1. The average molecular weight is 872 g/mol. The fourth-order valence-electron chi connectivity index (χ4n) is 4.42. The van der Waals surface area contributed by atoms with Crippen LogP contribution in [0.1, 0.15) is 77.9 Å². The molecular weight excluding hydrogens is 819 g/mol. The summed E-state index contributed by atoms with van der Waals surface area (Å²) in [5.74, 6) is -2.28. The van der Waals surface area contributed by atoms with E-state index in [4.69, 9.17) is 53.8 Å². The van der Waals surface area contributed by atoms with Crippen LogP contribution < -0.4 is 10.6 Å². The molecule has 2 amide bonds. The smallest absolute Gasteiger partial charge is 0.408 e. The molecule has 1 aromatic heterocycles. The summed E-state index contributed by atoms with van der Waals surface area (Å²) in [6, 6.07) is -0.250. The first-order valence-electron chi connectivity index (χ1n) is 17.5. The number of aromatic nitrogens is 1. The van der Waals surface area contributed by atoms with Gasteiger partial charge < -0.3 is 29.6 Å². The Bertz CT molecular complexity index is 1520. The van der Waals surface area contributed by atoms with E-state index in [0.29, 0.717) is 27.9 Å². The van der Waals surface area contributed by atoms with Crippen LogP contribution in [0.5, 0.6) is 0 Å². The molecule has 1 aliphatic rings. The SMILES string of the molecule is CC(C)[C@H](NC(=O)[C@]1(C)CSC(c2csc(CNC(=O)OC(C)(C)C)n2)=N1)C(=O)O[C@H](C/C=C\CCC(=O)OCC(Cl)(Cl)Cl)CC(=O)OCC[Si](C)(C)C. The molecule has 2 rings (SSSR count). The molecule has 0 radical (unpaired) electrons. The van der Waals surface area contributed by atoms with E-state index < -0.39 is 65.1 Å². The molecule has 0 aromatic carbocycles. The Morgan fingerprint density at radius 3 is 2.35 bits per heavy atom. The van der Waals surface area contributed by atoms with Crippen LogP contribution in [-0.4, -0.2) is 94.1 Å². The summed E-state index contributed by atoms with van der Waals surface area (Å²) in [6.07, 6.45) is 2.24. The minimum atomic E-state index is -1.71. The molecule has 2 heterocycles. The lowest BCUT2D eigenvalue weighted by Gasteiger charge is -2.27. The molecule has 0 unspecified atom stereocenters. The molecule has 19 heteroatoms. The number of thioether (sulfide) groups is 1. The zero-order valence-electron chi connectivity index (χ0n) is 32.3. The van der Waals surface area contributed by atoms with E-state index in [1.807, 2.05) is 0 Å². The van der Waals surface area contributed by atoms with Gasteiger partial charge in [0.25, 0.3) is 0 Å². The second-order valence-corrected chi connectivity index (χ2v) is 25.5. The monoisotopic (exact) mass is 870 g/mol. The van der Waals surface area contributed by atoms with Gasteiger partial charge in [-0.05, 0) is 46.1 Å². The number of aliphatic imine (C=N–C) groups is 1. The number of carbonyl (C=O) groups is 5. The van der Waals surface area contributed by atoms with Crippen LogP contribution >= 0.6 is 57.9 Å². The predicted octanol–water partition coefficient (Wildman–Crippen LogP) is 7.38. The number of nitrogens with one attached hydrogen (secondary N) is 2. The number of esters is 3. The van der Waals surface area contributed by atoms with Crippen molar-refractivity contribution in [1.82, 2.24) is 15.6 Å². The van der Waals surface area contributed by atoms with E-state index in [2.05, 4.69) is 40.3 Å². The molecule has 0 fully saturated rings. The number of nitrogens with zero attached hydrogens (tertiary/aromatic N) is 2. The van der Waals surface area contributed by atoms with E-state index >= 15 is 0 Å². The highest BCUT2D eigenvalue weighted by Gasteiger charge is 2.42. The van der Waals surface area contributed by atoms with Crippen LogP contribution in [0.25, 0.3) is 0 Å². The number of amides is 2. The number of alkyl carbamates (subject to hydrolysis) is 1. The van der Waals surface area contributed by atoms with Gasteiger partial charge in [0.15, 0.2) is 0 Å². The second-order valence-electron chi connectivity index (χ2n) is 15.5. The number of halogens is 3. The summed E-state index contributed by atoms with van der Waals surface area (Å²) < 4.78 is 19.8. The topological polar surface area (TPSA) is 172 Å². The Kier molecular flexibility index (Phi) is 18.8. The largest absolute Gasteiger partial charge is 0.466 e. The van der Waals surface area contributed by atoms with Gasteiger partial charge in [-0.2, -0.15) is 0 Å². The Morgan fingerprint density at radius 1 is 1.06 bits per heavy atom. The Morgan fingerprint density at radius 2 is 1.74 bits per heavy atom. The van der Waals surface area contributed by atoms with Crippen molar-refractivity contribution in [3.05, 3.63) is 28.2 Å². The summed E-state index contributed by atoms with van der Waals surface area (Å²) in [6.45, 7) is 17.1. The van der Waals surface area contributed by atoms with Crippen molar-refractivity contribution in [2.24, 2.45) is 10.9 Å². The summed E-state index contributed by atoms with van der Waals surface area (Å²) in [4.78, 5) is 73.3. The third kappa shape index (κ3) is 19.0. The highest BCUT2D eigenvalue weighted by Crippen LogP contribution is 2.32. The van der Waals surface area contributed by atoms with Crippen LogP contribution in [0, 0.1) is 5.92 Å². The fourth-order valence-corrected chi connectivity index (χ4v) is 7.22. The van der Waals surface area contributed by atoms with E-state index in [1.54, 1.807) is 59.1 Å². The van der Waals surface area contributed by atoms with Gasteiger partial charge in [-0.1, -0.05) is 80.4 Å². The Labute approximate surface area is 342 Å². The predicted molar refractivity (Wildman–Crippen MR) is 217 cm³/mol. The third-order valence-corrected chi connectivity index (χ3v) is 11.5. The zero-order valence-corrected chi connectivity index (χ0v) is 37.2. The summed E-state index contributed by atoms with van der Waals surface area (Å²) in [5.41, 5.74) is -1.25. The first kappa shape index (κ1) is 47.8. The molecule has 0 spiro atoms. The molecule has 2 N–H and O–H groups in total. The molecule has 0 aliphatic carbocycles. The number of thiazole rings is 1. The lowest BCUT2D eigenvalue weighted by atomic mass is 10.00. The van der Waals surface area contributed by atoms with Crippen molar-refractivity contribution in [3.8, 4) is 0 Å². The highest BCUT2D eigenvalue weighted by atomic mass is 35.6. The number of alkyl halides is 3. The van der Waals surface area contributed by atoms with Gasteiger partial charge in [-0.3, -0.25) is 19.4 Å². The molecule has 0 saturated heterocycles. The number of hydrogen-bond donors (Lipinski definition) is 2. The van der Waals surface area contributed by atoms with Gasteiger partial charge in [0.05, 0.1) is 19.6 Å². The lowest BCUT2D eigenvalue weighted by Crippen LogP contribution is -2.53. The van der Waals surface area contributed by atoms with Gasteiger partial charge in [0.2, 0.25) is 9.70 Å². The number of allylic oxidation sites excluding steroid dienone is 1. The van der Waals surface area contributed by atoms with Crippen molar-refractivity contribution in [3.63, 3.8) is 0 Å².